The van der Waals surface area contributed by atoms with E-state index >= 15 is 0 Å². The highest BCUT2D eigenvalue weighted by Crippen LogP contribution is 2.29. The number of rotatable bonds is 7. The fraction of sp³-hybridized carbons (Fsp3) is 0.500. The smallest absolute Gasteiger partial charge is 0.230 e. The van der Waals surface area contributed by atoms with E-state index in [1.54, 1.807) is 12.1 Å². The van der Waals surface area contributed by atoms with E-state index in [1.165, 1.54) is 23.9 Å². The van der Waals surface area contributed by atoms with Crippen LogP contribution >= 0.6 is 11.8 Å². The summed E-state index contributed by atoms with van der Waals surface area (Å²) in [6.45, 7) is 6.24. The summed E-state index contributed by atoms with van der Waals surface area (Å²) in [4.78, 5) is 22.7. The molecule has 1 rings (SSSR count). The Labute approximate surface area is 135 Å². The van der Waals surface area contributed by atoms with Crippen molar-refractivity contribution in [3.63, 3.8) is 0 Å². The average molecular weight is 326 g/mol. The van der Waals surface area contributed by atoms with Crippen molar-refractivity contribution >= 4 is 23.6 Å². The van der Waals surface area contributed by atoms with Crippen molar-refractivity contribution in [1.82, 2.24) is 5.32 Å². The van der Waals surface area contributed by atoms with Crippen LogP contribution in [0.1, 0.15) is 38.8 Å². The Kier molecular flexibility index (Phi) is 6.87. The van der Waals surface area contributed by atoms with Gasteiger partial charge in [-0.2, -0.15) is 0 Å². The minimum absolute atomic E-state index is 0.00665. The Morgan fingerprint density at radius 3 is 2.32 bits per heavy atom. The Morgan fingerprint density at radius 1 is 1.23 bits per heavy atom. The van der Waals surface area contributed by atoms with E-state index in [0.717, 1.165) is 12.0 Å². The van der Waals surface area contributed by atoms with Crippen LogP contribution in [0.15, 0.2) is 24.3 Å². The van der Waals surface area contributed by atoms with E-state index in [4.69, 9.17) is 5.73 Å². The number of benzene rings is 1. The van der Waals surface area contributed by atoms with Crippen LogP contribution in [0.25, 0.3) is 0 Å². The van der Waals surface area contributed by atoms with E-state index in [9.17, 15) is 14.0 Å². The van der Waals surface area contributed by atoms with Gasteiger partial charge in [0.1, 0.15) is 5.82 Å². The van der Waals surface area contributed by atoms with Crippen LogP contribution in [0.2, 0.25) is 0 Å². The molecule has 1 aromatic carbocycles. The van der Waals surface area contributed by atoms with Gasteiger partial charge in [-0.3, -0.25) is 9.59 Å². The summed E-state index contributed by atoms with van der Waals surface area (Å²) < 4.78 is 13.1. The third-order valence-electron chi connectivity index (χ3n) is 2.90. The first-order chi connectivity index (χ1) is 10.2. The highest BCUT2D eigenvalue weighted by Gasteiger charge is 2.22. The molecule has 0 fully saturated rings. The van der Waals surface area contributed by atoms with Crippen molar-refractivity contribution in [3.05, 3.63) is 35.6 Å². The lowest BCUT2D eigenvalue weighted by Gasteiger charge is -2.27. The van der Waals surface area contributed by atoms with Gasteiger partial charge in [-0.1, -0.05) is 32.9 Å². The quantitative estimate of drug-likeness (QED) is 0.809. The lowest BCUT2D eigenvalue weighted by atomic mass is 9.85. The number of amides is 2. The minimum Gasteiger partial charge on any atom is -0.369 e. The van der Waals surface area contributed by atoms with E-state index in [2.05, 4.69) is 26.1 Å². The molecular weight excluding hydrogens is 303 g/mol. The number of thioether (sulfide) groups is 1. The largest absolute Gasteiger partial charge is 0.369 e. The second kappa shape index (κ2) is 8.17. The maximum atomic E-state index is 13.1. The van der Waals surface area contributed by atoms with Gasteiger partial charge in [0.15, 0.2) is 0 Å². The van der Waals surface area contributed by atoms with Crippen LogP contribution in [0.3, 0.4) is 0 Å². The van der Waals surface area contributed by atoms with Gasteiger partial charge in [-0.25, -0.2) is 4.39 Å². The molecule has 122 valence electrons. The molecule has 1 atom stereocenters. The van der Waals surface area contributed by atoms with Gasteiger partial charge in [-0.15, -0.1) is 11.8 Å². The number of hydrogen-bond acceptors (Lipinski definition) is 3. The lowest BCUT2D eigenvalue weighted by molar-refractivity contribution is -0.119. The molecule has 4 nitrogen and oxygen atoms in total. The molecule has 0 aliphatic carbocycles. The predicted molar refractivity (Wildman–Crippen MR) is 87.9 cm³/mol. The Balaban J connectivity index is 2.72. The van der Waals surface area contributed by atoms with Crippen molar-refractivity contribution in [1.29, 1.82) is 0 Å². The van der Waals surface area contributed by atoms with Gasteiger partial charge in [0.2, 0.25) is 11.8 Å². The first-order valence-electron chi connectivity index (χ1n) is 7.08. The molecule has 0 aliphatic rings. The second-order valence-electron chi connectivity index (χ2n) is 6.40. The molecule has 0 saturated carbocycles. The highest BCUT2D eigenvalue weighted by molar-refractivity contribution is 8.00. The molecule has 22 heavy (non-hydrogen) atoms. The molecule has 0 saturated heterocycles. The SMILES string of the molecule is CC(C)(C)CC(NC(=O)CSCC(N)=O)c1ccc(F)cc1. The second-order valence-corrected chi connectivity index (χ2v) is 7.38. The Morgan fingerprint density at radius 2 is 1.82 bits per heavy atom. The zero-order chi connectivity index (χ0) is 16.8. The molecule has 0 aliphatic heterocycles. The van der Waals surface area contributed by atoms with Crippen LogP contribution in [0.5, 0.6) is 0 Å². The normalized spacial score (nSPS) is 12.7. The number of carbonyl (C=O) groups excluding carboxylic acids is 2. The molecule has 1 unspecified atom stereocenters. The maximum Gasteiger partial charge on any atom is 0.230 e. The van der Waals surface area contributed by atoms with Crippen molar-refractivity contribution in [2.75, 3.05) is 11.5 Å². The van der Waals surface area contributed by atoms with E-state index in [-0.39, 0.29) is 34.7 Å². The molecule has 1 aromatic rings. The van der Waals surface area contributed by atoms with E-state index in [0.29, 0.717) is 0 Å². The number of carbonyl (C=O) groups is 2. The fourth-order valence-corrected chi connectivity index (χ4v) is 2.61. The molecule has 0 aromatic heterocycles. The van der Waals surface area contributed by atoms with Gasteiger partial charge >= 0.3 is 0 Å². The number of hydrogen-bond donors (Lipinski definition) is 2. The van der Waals surface area contributed by atoms with Crippen LogP contribution in [-0.4, -0.2) is 23.3 Å². The summed E-state index contributed by atoms with van der Waals surface area (Å²) in [5.74, 6) is -0.618. The molecular formula is C16H23FN2O2S. The van der Waals surface area contributed by atoms with Crippen LogP contribution in [-0.2, 0) is 9.59 Å². The minimum atomic E-state index is -0.442. The van der Waals surface area contributed by atoms with E-state index in [1.807, 2.05) is 0 Å². The van der Waals surface area contributed by atoms with Crippen molar-refractivity contribution in [2.24, 2.45) is 11.1 Å². The first kappa shape index (κ1) is 18.5. The van der Waals surface area contributed by atoms with Crippen molar-refractivity contribution < 1.29 is 14.0 Å². The van der Waals surface area contributed by atoms with Gasteiger partial charge in [0.05, 0.1) is 17.5 Å². The highest BCUT2D eigenvalue weighted by atomic mass is 32.2. The number of halogens is 1. The van der Waals surface area contributed by atoms with E-state index < -0.39 is 5.91 Å². The van der Waals surface area contributed by atoms with Crippen LogP contribution in [0, 0.1) is 11.2 Å². The summed E-state index contributed by atoms with van der Waals surface area (Å²) in [7, 11) is 0. The number of nitrogens with two attached hydrogens (primary N) is 1. The monoisotopic (exact) mass is 326 g/mol. The molecule has 0 radical (unpaired) electrons. The molecule has 0 spiro atoms. The lowest BCUT2D eigenvalue weighted by Crippen LogP contribution is -2.32. The summed E-state index contributed by atoms with van der Waals surface area (Å²) >= 11 is 1.18. The third-order valence-corrected chi connectivity index (χ3v) is 3.86. The number of nitrogens with one attached hydrogen (secondary N) is 1. The molecule has 3 N–H and O–H groups in total. The van der Waals surface area contributed by atoms with Crippen LogP contribution in [0.4, 0.5) is 4.39 Å². The topological polar surface area (TPSA) is 72.2 Å². The number of primary amides is 1. The zero-order valence-corrected chi connectivity index (χ0v) is 14.0. The van der Waals surface area contributed by atoms with Crippen molar-refractivity contribution in [3.8, 4) is 0 Å². The van der Waals surface area contributed by atoms with Gasteiger partial charge < -0.3 is 11.1 Å². The zero-order valence-electron chi connectivity index (χ0n) is 13.2. The molecule has 2 amide bonds. The molecule has 0 heterocycles. The Bertz CT molecular complexity index is 512. The molecule has 0 bridgehead atoms. The Hall–Kier alpha value is -1.56. The van der Waals surface area contributed by atoms with Gasteiger partial charge in [0.25, 0.3) is 0 Å². The fourth-order valence-electron chi connectivity index (χ4n) is 2.04. The van der Waals surface area contributed by atoms with Gasteiger partial charge in [-0.05, 0) is 29.5 Å². The summed E-state index contributed by atoms with van der Waals surface area (Å²) in [6.07, 6.45) is 0.727. The first-order valence-corrected chi connectivity index (χ1v) is 8.24. The predicted octanol–water partition coefficient (Wildman–Crippen LogP) is 2.64. The summed E-state index contributed by atoms with van der Waals surface area (Å²) in [5.41, 5.74) is 5.91. The van der Waals surface area contributed by atoms with Crippen molar-refractivity contribution in [2.45, 2.75) is 33.2 Å². The third kappa shape index (κ3) is 7.45. The van der Waals surface area contributed by atoms with Gasteiger partial charge in [0, 0.05) is 0 Å². The summed E-state index contributed by atoms with van der Waals surface area (Å²) in [6, 6.07) is 5.95. The molecule has 6 heteroatoms. The maximum absolute atomic E-state index is 13.1. The van der Waals surface area contributed by atoms with Crippen LogP contribution < -0.4 is 11.1 Å². The standard InChI is InChI=1S/C16H23FN2O2S/c1-16(2,3)8-13(11-4-6-12(17)7-5-11)19-15(21)10-22-9-14(18)20/h4-7,13H,8-10H2,1-3H3,(H2,18,20)(H,19,21). The summed E-state index contributed by atoms with van der Waals surface area (Å²) in [5, 5.41) is 2.95. The average Bonchev–Trinajstić information content (AvgIpc) is 2.36.